The Morgan fingerprint density at radius 2 is 1.60 bits per heavy atom. The van der Waals surface area contributed by atoms with Crippen LogP contribution in [0.2, 0.25) is 0 Å². The Morgan fingerprint density at radius 1 is 0.877 bits per heavy atom. The van der Waals surface area contributed by atoms with Gasteiger partial charge in [0.2, 0.25) is 0 Å². The van der Waals surface area contributed by atoms with Crippen molar-refractivity contribution in [3.05, 3.63) is 162 Å². The number of fused-ring (bicyclic) bond motifs is 3. The number of amides is 1. The van der Waals surface area contributed by atoms with E-state index >= 15 is 0 Å². The minimum absolute atomic E-state index is 0.294. The number of aliphatic carboxylic acids is 1. The number of benzene rings is 4. The maximum absolute atomic E-state index is 13.6. The van der Waals surface area contributed by atoms with E-state index in [1.54, 1.807) is 17.4 Å². The standard InChI is InChI=1S/C46H37N3O4S4/c1-2-47-44(53)42(57-46(47)54)45-48(27-41(50)51)43(52)40(56-45)26-33-21-23-39(55-33)31-18-22-38-36(25-31)34-14-9-15-37(34)49(38)32-19-16-28(17-20-32)24-35(29-10-5-3-6-11-29)30-12-7-4-8-13-30/h3-8,10-13,16-26,34,37H,2,9,14-15,27H2,1H3,(H,50,51)/b40-26-,45-42-. The van der Waals surface area contributed by atoms with Gasteiger partial charge in [-0.2, -0.15) is 0 Å². The topological polar surface area (TPSA) is 82.9 Å². The van der Waals surface area contributed by atoms with Crippen molar-refractivity contribution in [1.29, 1.82) is 0 Å². The molecule has 1 N–H and O–H groups in total. The molecule has 2 atom stereocenters. The predicted molar refractivity (Wildman–Crippen MR) is 239 cm³/mol. The lowest BCUT2D eigenvalue weighted by atomic mass is 9.95. The number of rotatable bonds is 9. The molecule has 1 saturated heterocycles. The molecule has 0 bridgehead atoms. The summed E-state index contributed by atoms with van der Waals surface area (Å²) in [4.78, 5) is 44.7. The summed E-state index contributed by atoms with van der Waals surface area (Å²) in [5.74, 6) is -1.00. The van der Waals surface area contributed by atoms with Crippen molar-refractivity contribution in [2.24, 2.45) is 0 Å². The van der Waals surface area contributed by atoms with Gasteiger partial charge in [-0.25, -0.2) is 0 Å². The van der Waals surface area contributed by atoms with Crippen LogP contribution in [0.15, 0.2) is 120 Å². The largest absolute Gasteiger partial charge is 0.480 e. The number of carboxylic acid groups (broad SMARTS) is 1. The van der Waals surface area contributed by atoms with Gasteiger partial charge in [0.25, 0.3) is 11.5 Å². The van der Waals surface area contributed by atoms with Gasteiger partial charge >= 0.3 is 5.97 Å². The van der Waals surface area contributed by atoms with Crippen molar-refractivity contribution in [3.8, 4) is 10.4 Å². The van der Waals surface area contributed by atoms with Crippen molar-refractivity contribution in [1.82, 2.24) is 9.47 Å². The van der Waals surface area contributed by atoms with Gasteiger partial charge in [0.05, 0.1) is 4.53 Å². The first kappa shape index (κ1) is 37.3. The van der Waals surface area contributed by atoms with Crippen LogP contribution in [0.25, 0.3) is 33.1 Å². The molecule has 11 heteroatoms. The fourth-order valence-electron chi connectivity index (χ4n) is 8.29. The van der Waals surface area contributed by atoms with Crippen LogP contribution >= 0.6 is 46.7 Å². The smallest absolute Gasteiger partial charge is 0.323 e. The Balaban J connectivity index is 1.02. The summed E-state index contributed by atoms with van der Waals surface area (Å²) >= 11 is 9.22. The van der Waals surface area contributed by atoms with Crippen LogP contribution in [0.5, 0.6) is 0 Å². The number of nitrogens with zero attached hydrogens (tertiary/aromatic N) is 3. The Bertz CT molecular complexity index is 2730. The van der Waals surface area contributed by atoms with Gasteiger partial charge in [-0.15, -0.1) is 22.7 Å². The highest BCUT2D eigenvalue weighted by atomic mass is 32.2. The molecule has 2 fully saturated rings. The first-order chi connectivity index (χ1) is 27.8. The lowest BCUT2D eigenvalue weighted by molar-refractivity contribution is -0.137. The third-order valence-corrected chi connectivity index (χ3v) is 14.7. The van der Waals surface area contributed by atoms with Gasteiger partial charge in [0.1, 0.15) is 20.4 Å². The molecular formula is C46H37N3O4S4. The SMILES string of the molecule is CCN1C(=O)/C(=c2/s/c(=C\c3ccc(-c4ccc5c(c4)C4CCCC4N5c4ccc(C=C(c5ccccc5)c5ccccc5)cc4)s3)c(=O)n2CC(=O)O)SC1=S. The highest BCUT2D eigenvalue weighted by molar-refractivity contribution is 8.30. The number of carboxylic acids is 1. The molecule has 0 radical (unpaired) electrons. The van der Waals surface area contributed by atoms with E-state index in [1.165, 1.54) is 49.5 Å². The lowest BCUT2D eigenvalue weighted by Gasteiger charge is -2.27. The average Bonchev–Trinajstić information content (AvgIpc) is 4.06. The molecule has 2 aliphatic heterocycles. The molecule has 1 amide bonds. The van der Waals surface area contributed by atoms with Crippen LogP contribution in [0.1, 0.15) is 59.2 Å². The van der Waals surface area contributed by atoms with Crippen molar-refractivity contribution < 1.29 is 14.7 Å². The summed E-state index contributed by atoms with van der Waals surface area (Å²) in [6, 6.07) is 41.3. The molecule has 7 nitrogen and oxygen atoms in total. The molecule has 4 heterocycles. The molecule has 2 aromatic heterocycles. The molecule has 0 spiro atoms. The first-order valence-corrected chi connectivity index (χ1v) is 21.8. The molecule has 4 aromatic carbocycles. The van der Waals surface area contributed by atoms with Gasteiger partial charge < -0.3 is 10.0 Å². The second kappa shape index (κ2) is 15.5. The number of thioether (sulfide) groups is 1. The van der Waals surface area contributed by atoms with Crippen LogP contribution in [-0.4, -0.2) is 43.4 Å². The van der Waals surface area contributed by atoms with Gasteiger partial charge in [0.15, 0.2) is 0 Å². The number of carbonyl (C=O) groups is 2. The molecule has 6 aromatic rings. The van der Waals surface area contributed by atoms with E-state index in [4.69, 9.17) is 12.2 Å². The van der Waals surface area contributed by atoms with Crippen LogP contribution in [0.3, 0.4) is 0 Å². The van der Waals surface area contributed by atoms with Crippen molar-refractivity contribution in [2.75, 3.05) is 11.4 Å². The van der Waals surface area contributed by atoms with Crippen molar-refractivity contribution in [2.45, 2.75) is 44.7 Å². The van der Waals surface area contributed by atoms with Gasteiger partial charge in [-0.1, -0.05) is 109 Å². The number of carbonyl (C=O) groups excluding carboxylic acids is 1. The number of hydrogen-bond acceptors (Lipinski definition) is 8. The minimum Gasteiger partial charge on any atom is -0.480 e. The number of thiazole rings is 1. The van der Waals surface area contributed by atoms with E-state index in [2.05, 4.69) is 120 Å². The van der Waals surface area contributed by atoms with E-state index in [9.17, 15) is 19.5 Å². The van der Waals surface area contributed by atoms with Crippen molar-refractivity contribution >= 4 is 96.9 Å². The number of aromatic nitrogens is 1. The zero-order valence-electron chi connectivity index (χ0n) is 31.0. The quantitative estimate of drug-likeness (QED) is 0.115. The number of hydrogen-bond donors (Lipinski definition) is 1. The number of anilines is 2. The highest BCUT2D eigenvalue weighted by Crippen LogP contribution is 2.53. The Hall–Kier alpha value is -5.33. The molecule has 284 valence electrons. The Kier molecular flexibility index (Phi) is 10.2. The molecule has 2 unspecified atom stereocenters. The van der Waals surface area contributed by atoms with Gasteiger partial charge in [-0.05, 0) is 102 Å². The maximum atomic E-state index is 13.6. The molecule has 57 heavy (non-hydrogen) atoms. The molecular weight excluding hydrogens is 787 g/mol. The summed E-state index contributed by atoms with van der Waals surface area (Å²) < 4.78 is 2.27. The van der Waals surface area contributed by atoms with Crippen molar-refractivity contribution in [3.63, 3.8) is 0 Å². The predicted octanol–water partition coefficient (Wildman–Crippen LogP) is 8.92. The normalized spacial score (nSPS) is 18.6. The first-order valence-electron chi connectivity index (χ1n) is 18.9. The van der Waals surface area contributed by atoms with Gasteiger partial charge in [0, 0.05) is 39.6 Å². The maximum Gasteiger partial charge on any atom is 0.323 e. The number of thiocarbonyl (C=S) groups is 1. The third kappa shape index (κ3) is 7.03. The minimum atomic E-state index is -1.16. The van der Waals surface area contributed by atoms with Crippen LogP contribution in [0.4, 0.5) is 11.4 Å². The lowest BCUT2D eigenvalue weighted by Crippen LogP contribution is -2.35. The van der Waals surface area contributed by atoms with E-state index in [1.807, 2.05) is 13.0 Å². The zero-order valence-corrected chi connectivity index (χ0v) is 34.2. The highest BCUT2D eigenvalue weighted by Gasteiger charge is 2.42. The van der Waals surface area contributed by atoms with Crippen LogP contribution in [0, 0.1) is 0 Å². The van der Waals surface area contributed by atoms with Crippen LogP contribution < -0.4 is 19.7 Å². The molecule has 1 aliphatic carbocycles. The summed E-state index contributed by atoms with van der Waals surface area (Å²) in [6.45, 7) is 1.69. The molecule has 9 rings (SSSR count). The van der Waals surface area contributed by atoms with E-state index in [-0.39, 0.29) is 5.91 Å². The fraction of sp³-hybridized carbons (Fsp3) is 0.174. The third-order valence-electron chi connectivity index (χ3n) is 10.9. The second-order valence-electron chi connectivity index (χ2n) is 14.3. The van der Waals surface area contributed by atoms with Gasteiger partial charge in [-0.3, -0.25) is 23.9 Å². The van der Waals surface area contributed by atoms with Crippen LogP contribution in [-0.2, 0) is 16.1 Å². The molecule has 1 saturated carbocycles. The Labute approximate surface area is 347 Å². The summed E-state index contributed by atoms with van der Waals surface area (Å²) in [5.41, 5.74) is 9.25. The van der Waals surface area contributed by atoms with E-state index in [0.29, 0.717) is 36.9 Å². The molecule has 3 aliphatic rings. The fourth-order valence-corrected chi connectivity index (χ4v) is 11.9. The number of thiophene rings is 1. The average molecular weight is 824 g/mol. The summed E-state index contributed by atoms with van der Waals surface area (Å²) in [7, 11) is 0. The van der Waals surface area contributed by atoms with E-state index < -0.39 is 18.1 Å². The summed E-state index contributed by atoms with van der Waals surface area (Å²) in [6.07, 6.45) is 7.57. The van der Waals surface area contributed by atoms with E-state index in [0.717, 1.165) is 56.8 Å². The Morgan fingerprint density at radius 3 is 2.26 bits per heavy atom. The second-order valence-corrected chi connectivity index (χ2v) is 18.1. The zero-order chi connectivity index (χ0) is 39.2. The monoisotopic (exact) mass is 823 g/mol. The summed E-state index contributed by atoms with van der Waals surface area (Å²) in [5, 5.41) is 9.61.